The van der Waals surface area contributed by atoms with Gasteiger partial charge < -0.3 is 11.1 Å². The fraction of sp³-hybridized carbons (Fsp3) is 0.179. The number of rotatable bonds is 9. The molecule has 0 saturated carbocycles. The third-order valence-electron chi connectivity index (χ3n) is 5.51. The minimum absolute atomic E-state index is 0.0403. The highest BCUT2D eigenvalue weighted by Crippen LogP contribution is 2.22. The highest BCUT2D eigenvalue weighted by atomic mass is 16.1. The Bertz CT molecular complexity index is 1180. The number of hydrogen-bond donors (Lipinski definition) is 2. The van der Waals surface area contributed by atoms with Crippen molar-refractivity contribution in [3.8, 4) is 11.3 Å². The largest absolute Gasteiger partial charge is 0.399 e. The number of benzene rings is 3. The predicted octanol–water partition coefficient (Wildman–Crippen LogP) is 5.47. The fourth-order valence-electron chi connectivity index (χ4n) is 3.70. The highest BCUT2D eigenvalue weighted by molar-refractivity contribution is 5.90. The lowest BCUT2D eigenvalue weighted by atomic mass is 10.1. The van der Waals surface area contributed by atoms with Crippen molar-refractivity contribution in [3.63, 3.8) is 0 Å². The molecule has 0 aliphatic carbocycles. The first-order chi connectivity index (χ1) is 16.2. The van der Waals surface area contributed by atoms with E-state index in [2.05, 4.69) is 34.6 Å². The summed E-state index contributed by atoms with van der Waals surface area (Å²) in [6.45, 7) is 0. The molecule has 0 aliphatic rings. The van der Waals surface area contributed by atoms with Crippen LogP contribution in [0.5, 0.6) is 0 Å². The van der Waals surface area contributed by atoms with E-state index < -0.39 is 0 Å². The van der Waals surface area contributed by atoms with E-state index in [1.165, 1.54) is 11.1 Å². The van der Waals surface area contributed by atoms with Gasteiger partial charge in [-0.2, -0.15) is 0 Å². The Morgan fingerprint density at radius 2 is 1.42 bits per heavy atom. The van der Waals surface area contributed by atoms with Gasteiger partial charge in [-0.25, -0.2) is 9.97 Å². The number of amides is 1. The topological polar surface area (TPSA) is 80.9 Å². The molecule has 0 atom stereocenters. The number of hydrogen-bond acceptors (Lipinski definition) is 4. The number of nitrogens with two attached hydrogens (primary N) is 1. The molecule has 4 rings (SSSR count). The van der Waals surface area contributed by atoms with Crippen LogP contribution in [0.2, 0.25) is 0 Å². The first-order valence-corrected chi connectivity index (χ1v) is 11.3. The average molecular weight is 437 g/mol. The second-order valence-corrected chi connectivity index (χ2v) is 8.05. The summed E-state index contributed by atoms with van der Waals surface area (Å²) in [5.41, 5.74) is 11.5. The Kier molecular flexibility index (Phi) is 7.44. The quantitative estimate of drug-likeness (QED) is 0.341. The SMILES string of the molecule is Nc1ccc(-c2cnc(NC(=O)CCCc3ccccc3)c(CCc3ccccc3)n2)cc1. The summed E-state index contributed by atoms with van der Waals surface area (Å²) in [5.74, 6) is 0.497. The van der Waals surface area contributed by atoms with Crippen molar-refractivity contribution in [2.24, 2.45) is 0 Å². The zero-order chi connectivity index (χ0) is 22.9. The van der Waals surface area contributed by atoms with Gasteiger partial charge in [0.05, 0.1) is 17.6 Å². The standard InChI is InChI=1S/C28H28N4O/c29-24-17-15-23(16-18-24)26-20-30-28(25(31-26)19-14-22-10-5-2-6-11-22)32-27(33)13-7-12-21-8-3-1-4-9-21/h1-6,8-11,15-18,20H,7,12-14,19,29H2,(H,30,32,33). The lowest BCUT2D eigenvalue weighted by Gasteiger charge is -2.12. The first kappa shape index (κ1) is 22.2. The van der Waals surface area contributed by atoms with E-state index in [1.54, 1.807) is 6.20 Å². The van der Waals surface area contributed by atoms with E-state index in [4.69, 9.17) is 10.7 Å². The van der Waals surface area contributed by atoms with Gasteiger partial charge in [0.25, 0.3) is 0 Å². The van der Waals surface area contributed by atoms with Gasteiger partial charge in [-0.1, -0.05) is 72.8 Å². The number of carbonyl (C=O) groups excluding carboxylic acids is 1. The number of aromatic nitrogens is 2. The molecule has 0 radical (unpaired) electrons. The van der Waals surface area contributed by atoms with Gasteiger partial charge in [0.1, 0.15) is 0 Å². The summed E-state index contributed by atoms with van der Waals surface area (Å²) in [7, 11) is 0. The van der Waals surface area contributed by atoms with Crippen LogP contribution in [0.1, 0.15) is 29.7 Å². The van der Waals surface area contributed by atoms with E-state index in [1.807, 2.05) is 60.7 Å². The lowest BCUT2D eigenvalue weighted by molar-refractivity contribution is -0.116. The van der Waals surface area contributed by atoms with Crippen LogP contribution < -0.4 is 11.1 Å². The molecule has 0 bridgehead atoms. The van der Waals surface area contributed by atoms with Gasteiger partial charge in [-0.15, -0.1) is 0 Å². The van der Waals surface area contributed by atoms with Crippen LogP contribution in [-0.2, 0) is 24.1 Å². The third kappa shape index (κ3) is 6.50. The van der Waals surface area contributed by atoms with Crippen molar-refractivity contribution >= 4 is 17.4 Å². The first-order valence-electron chi connectivity index (χ1n) is 11.3. The molecule has 5 nitrogen and oxygen atoms in total. The van der Waals surface area contributed by atoms with E-state index in [-0.39, 0.29) is 5.91 Å². The molecular weight excluding hydrogens is 408 g/mol. The van der Waals surface area contributed by atoms with Crippen molar-refractivity contribution < 1.29 is 4.79 Å². The fourth-order valence-corrected chi connectivity index (χ4v) is 3.70. The van der Waals surface area contributed by atoms with Crippen molar-refractivity contribution in [1.29, 1.82) is 0 Å². The van der Waals surface area contributed by atoms with E-state index in [9.17, 15) is 4.79 Å². The summed E-state index contributed by atoms with van der Waals surface area (Å²) in [6.07, 6.45) is 5.30. The molecule has 1 aromatic heterocycles. The van der Waals surface area contributed by atoms with Crippen molar-refractivity contribution in [3.05, 3.63) is 108 Å². The van der Waals surface area contributed by atoms with Gasteiger partial charge in [-0.05, 0) is 48.9 Å². The van der Waals surface area contributed by atoms with Crippen molar-refractivity contribution in [1.82, 2.24) is 9.97 Å². The molecule has 3 N–H and O–H groups in total. The third-order valence-corrected chi connectivity index (χ3v) is 5.51. The van der Waals surface area contributed by atoms with E-state index in [0.29, 0.717) is 24.3 Å². The smallest absolute Gasteiger partial charge is 0.225 e. The summed E-state index contributed by atoms with van der Waals surface area (Å²) >= 11 is 0. The maximum atomic E-state index is 12.6. The molecule has 0 aliphatic heterocycles. The van der Waals surface area contributed by atoms with Crippen LogP contribution >= 0.6 is 0 Å². The lowest BCUT2D eigenvalue weighted by Crippen LogP contribution is -2.15. The van der Waals surface area contributed by atoms with Crippen molar-refractivity contribution in [2.45, 2.75) is 32.1 Å². The van der Waals surface area contributed by atoms with Gasteiger partial charge in [0, 0.05) is 17.7 Å². The van der Waals surface area contributed by atoms with E-state index >= 15 is 0 Å². The molecule has 1 amide bonds. The molecule has 5 heteroatoms. The summed E-state index contributed by atoms with van der Waals surface area (Å²) in [6, 6.07) is 28.0. The molecule has 166 valence electrons. The second kappa shape index (κ2) is 11.0. The van der Waals surface area contributed by atoms with Gasteiger partial charge in [-0.3, -0.25) is 4.79 Å². The molecule has 0 unspecified atom stereocenters. The number of nitrogens with zero attached hydrogens (tertiary/aromatic N) is 2. The number of carbonyl (C=O) groups is 1. The molecule has 0 saturated heterocycles. The van der Waals surface area contributed by atoms with Crippen LogP contribution in [0.3, 0.4) is 0 Å². The zero-order valence-electron chi connectivity index (χ0n) is 18.6. The second-order valence-electron chi connectivity index (χ2n) is 8.05. The number of nitrogens with one attached hydrogen (secondary N) is 1. The Morgan fingerprint density at radius 1 is 0.788 bits per heavy atom. The molecular formula is C28H28N4O. The van der Waals surface area contributed by atoms with Gasteiger partial charge in [0.15, 0.2) is 5.82 Å². The number of nitrogen functional groups attached to an aromatic ring is 1. The maximum absolute atomic E-state index is 12.6. The van der Waals surface area contributed by atoms with Gasteiger partial charge >= 0.3 is 0 Å². The zero-order valence-corrected chi connectivity index (χ0v) is 18.6. The van der Waals surface area contributed by atoms with E-state index in [0.717, 1.165) is 36.2 Å². The molecule has 1 heterocycles. The highest BCUT2D eigenvalue weighted by Gasteiger charge is 2.13. The monoisotopic (exact) mass is 436 g/mol. The summed E-state index contributed by atoms with van der Waals surface area (Å²) < 4.78 is 0. The number of aryl methyl sites for hydroxylation is 3. The molecule has 4 aromatic rings. The van der Waals surface area contributed by atoms with Crippen molar-refractivity contribution in [2.75, 3.05) is 11.1 Å². The normalized spacial score (nSPS) is 10.7. The molecule has 33 heavy (non-hydrogen) atoms. The van der Waals surface area contributed by atoms with Crippen LogP contribution in [0.15, 0.2) is 91.1 Å². The van der Waals surface area contributed by atoms with Crippen LogP contribution in [-0.4, -0.2) is 15.9 Å². The van der Waals surface area contributed by atoms with Gasteiger partial charge in [0.2, 0.25) is 5.91 Å². The molecule has 0 fully saturated rings. The average Bonchev–Trinajstić information content (AvgIpc) is 2.85. The Balaban J connectivity index is 1.47. The Labute approximate surface area is 194 Å². The Hall–Kier alpha value is -3.99. The summed E-state index contributed by atoms with van der Waals surface area (Å²) in [4.78, 5) is 22.0. The maximum Gasteiger partial charge on any atom is 0.225 e. The minimum atomic E-state index is -0.0403. The Morgan fingerprint density at radius 3 is 2.09 bits per heavy atom. The van der Waals surface area contributed by atoms with Crippen LogP contribution in [0.4, 0.5) is 11.5 Å². The summed E-state index contributed by atoms with van der Waals surface area (Å²) in [5, 5.41) is 2.99. The molecule has 3 aromatic carbocycles. The predicted molar refractivity (Wildman–Crippen MR) is 134 cm³/mol. The number of anilines is 2. The van der Waals surface area contributed by atoms with Crippen LogP contribution in [0, 0.1) is 0 Å². The van der Waals surface area contributed by atoms with Crippen LogP contribution in [0.25, 0.3) is 11.3 Å². The molecule has 0 spiro atoms. The minimum Gasteiger partial charge on any atom is -0.399 e.